The zero-order valence-corrected chi connectivity index (χ0v) is 16.2. The van der Waals surface area contributed by atoms with Gasteiger partial charge in [0.15, 0.2) is 0 Å². The van der Waals surface area contributed by atoms with Gasteiger partial charge in [0.2, 0.25) is 10.0 Å². The molecule has 0 radical (unpaired) electrons. The third-order valence-electron chi connectivity index (χ3n) is 4.46. The number of halogens is 2. The molecule has 1 N–H and O–H groups in total. The first kappa shape index (κ1) is 19.8. The van der Waals surface area contributed by atoms with Crippen LogP contribution in [0.15, 0.2) is 47.4 Å². The molecule has 0 aromatic heterocycles. The summed E-state index contributed by atoms with van der Waals surface area (Å²) < 4.78 is 40.7. The number of carbonyl (C=O) groups excluding carboxylic acids is 1. The lowest BCUT2D eigenvalue weighted by Gasteiger charge is -2.21. The first-order chi connectivity index (χ1) is 12.9. The van der Waals surface area contributed by atoms with Gasteiger partial charge in [0.25, 0.3) is 5.91 Å². The number of carbonyl (C=O) groups is 1. The molecule has 1 fully saturated rings. The van der Waals surface area contributed by atoms with Crippen molar-refractivity contribution >= 4 is 33.2 Å². The summed E-state index contributed by atoms with van der Waals surface area (Å²) in [7, 11) is -3.79. The van der Waals surface area contributed by atoms with Crippen LogP contribution in [-0.4, -0.2) is 31.7 Å². The summed E-state index contributed by atoms with van der Waals surface area (Å²) in [5.41, 5.74) is 0.420. The number of rotatable bonds is 4. The Balaban J connectivity index is 1.88. The van der Waals surface area contributed by atoms with Crippen molar-refractivity contribution in [2.24, 2.45) is 0 Å². The first-order valence-corrected chi connectivity index (χ1v) is 10.6. The van der Waals surface area contributed by atoms with Gasteiger partial charge in [0.1, 0.15) is 10.7 Å². The van der Waals surface area contributed by atoms with E-state index in [1.54, 1.807) is 6.07 Å². The van der Waals surface area contributed by atoms with Gasteiger partial charge in [0, 0.05) is 24.3 Å². The standard InChI is InChI=1S/C19H20ClFN2O3S/c20-17-9-8-14(19(24)22-16-7-5-6-15(21)13-16)12-18(17)27(25,26)23-10-3-1-2-4-11-23/h5-9,12-13H,1-4,10-11H2,(H,22,24). The molecule has 0 spiro atoms. The fraction of sp³-hybridized carbons (Fsp3) is 0.316. The maximum Gasteiger partial charge on any atom is 0.255 e. The van der Waals surface area contributed by atoms with Gasteiger partial charge in [-0.2, -0.15) is 4.31 Å². The molecule has 1 aliphatic heterocycles. The van der Waals surface area contributed by atoms with E-state index < -0.39 is 21.7 Å². The molecule has 3 rings (SSSR count). The van der Waals surface area contributed by atoms with Crippen LogP contribution >= 0.6 is 11.6 Å². The van der Waals surface area contributed by atoms with Crippen LogP contribution in [0.4, 0.5) is 10.1 Å². The van der Waals surface area contributed by atoms with E-state index in [1.807, 2.05) is 0 Å². The Morgan fingerprint density at radius 1 is 1.04 bits per heavy atom. The third-order valence-corrected chi connectivity index (χ3v) is 6.84. The van der Waals surface area contributed by atoms with E-state index in [0.717, 1.165) is 25.7 Å². The highest BCUT2D eigenvalue weighted by Crippen LogP contribution is 2.28. The van der Waals surface area contributed by atoms with Crippen molar-refractivity contribution in [2.45, 2.75) is 30.6 Å². The minimum absolute atomic E-state index is 0.0709. The topological polar surface area (TPSA) is 66.5 Å². The molecule has 2 aromatic carbocycles. The van der Waals surface area contributed by atoms with Crippen molar-refractivity contribution < 1.29 is 17.6 Å². The third kappa shape index (κ3) is 4.66. The van der Waals surface area contributed by atoms with E-state index in [-0.39, 0.29) is 21.2 Å². The molecule has 8 heteroatoms. The zero-order chi connectivity index (χ0) is 19.4. The molecule has 2 aromatic rings. The lowest BCUT2D eigenvalue weighted by atomic mass is 10.2. The van der Waals surface area contributed by atoms with Crippen LogP contribution < -0.4 is 5.32 Å². The monoisotopic (exact) mass is 410 g/mol. The molecule has 0 bridgehead atoms. The number of amides is 1. The van der Waals surface area contributed by atoms with Gasteiger partial charge in [-0.1, -0.05) is 30.5 Å². The molecule has 0 aliphatic carbocycles. The summed E-state index contributed by atoms with van der Waals surface area (Å²) in [6, 6.07) is 9.59. The van der Waals surface area contributed by atoms with Crippen molar-refractivity contribution in [1.82, 2.24) is 4.31 Å². The van der Waals surface area contributed by atoms with Gasteiger partial charge in [-0.25, -0.2) is 12.8 Å². The quantitative estimate of drug-likeness (QED) is 0.817. The first-order valence-electron chi connectivity index (χ1n) is 8.74. The summed E-state index contributed by atoms with van der Waals surface area (Å²) in [6.07, 6.45) is 3.60. The zero-order valence-electron chi connectivity index (χ0n) is 14.6. The number of nitrogens with zero attached hydrogens (tertiary/aromatic N) is 1. The molecule has 144 valence electrons. The molecule has 27 heavy (non-hydrogen) atoms. The van der Waals surface area contributed by atoms with Gasteiger partial charge in [-0.3, -0.25) is 4.79 Å². The van der Waals surface area contributed by atoms with Crippen LogP contribution in [0.3, 0.4) is 0 Å². The normalized spacial score (nSPS) is 15.9. The summed E-state index contributed by atoms with van der Waals surface area (Å²) in [4.78, 5) is 12.4. The largest absolute Gasteiger partial charge is 0.322 e. The lowest BCUT2D eigenvalue weighted by Crippen LogP contribution is -2.32. The van der Waals surface area contributed by atoms with Gasteiger partial charge in [-0.15, -0.1) is 0 Å². The molecule has 0 saturated carbocycles. The van der Waals surface area contributed by atoms with E-state index in [0.29, 0.717) is 13.1 Å². The second-order valence-corrected chi connectivity index (χ2v) is 8.74. The van der Waals surface area contributed by atoms with E-state index in [9.17, 15) is 17.6 Å². The summed E-state index contributed by atoms with van der Waals surface area (Å²) in [5.74, 6) is -1.02. The fourth-order valence-electron chi connectivity index (χ4n) is 3.03. The molecular weight excluding hydrogens is 391 g/mol. The van der Waals surface area contributed by atoms with Crippen molar-refractivity contribution in [3.63, 3.8) is 0 Å². The van der Waals surface area contributed by atoms with E-state index >= 15 is 0 Å². The minimum Gasteiger partial charge on any atom is -0.322 e. The molecule has 1 saturated heterocycles. The Morgan fingerprint density at radius 2 is 1.74 bits per heavy atom. The van der Waals surface area contributed by atoms with Gasteiger partial charge < -0.3 is 5.32 Å². The van der Waals surface area contributed by atoms with Crippen molar-refractivity contribution in [3.05, 3.63) is 58.9 Å². The molecule has 1 heterocycles. The van der Waals surface area contributed by atoms with E-state index in [4.69, 9.17) is 11.6 Å². The van der Waals surface area contributed by atoms with Gasteiger partial charge >= 0.3 is 0 Å². The predicted octanol–water partition coefficient (Wildman–Crippen LogP) is 4.30. The highest BCUT2D eigenvalue weighted by molar-refractivity contribution is 7.89. The minimum atomic E-state index is -3.79. The fourth-order valence-corrected chi connectivity index (χ4v) is 5.05. The van der Waals surface area contributed by atoms with Crippen LogP contribution in [0.25, 0.3) is 0 Å². The van der Waals surface area contributed by atoms with Gasteiger partial charge in [0.05, 0.1) is 5.02 Å². The number of hydrogen-bond donors (Lipinski definition) is 1. The Labute approximate surface area is 163 Å². The average Bonchev–Trinajstić information content (AvgIpc) is 2.92. The van der Waals surface area contributed by atoms with Crippen molar-refractivity contribution in [2.75, 3.05) is 18.4 Å². The number of anilines is 1. The maximum atomic E-state index is 13.3. The van der Waals surface area contributed by atoms with Crippen LogP contribution in [-0.2, 0) is 10.0 Å². The van der Waals surface area contributed by atoms with Crippen molar-refractivity contribution in [1.29, 1.82) is 0 Å². The van der Waals surface area contributed by atoms with Crippen LogP contribution in [0.1, 0.15) is 36.0 Å². The molecular formula is C19H20ClFN2O3S. The smallest absolute Gasteiger partial charge is 0.255 e. The average molecular weight is 411 g/mol. The second kappa shape index (κ2) is 8.37. The number of nitrogens with one attached hydrogen (secondary N) is 1. The number of sulfonamides is 1. The SMILES string of the molecule is O=C(Nc1cccc(F)c1)c1ccc(Cl)c(S(=O)(=O)N2CCCCCC2)c1. The Bertz CT molecular complexity index is 942. The molecule has 1 aliphatic rings. The van der Waals surface area contributed by atoms with Crippen molar-refractivity contribution in [3.8, 4) is 0 Å². The summed E-state index contributed by atoms with van der Waals surface area (Å²) in [5, 5.41) is 2.63. The second-order valence-electron chi connectivity index (χ2n) is 6.43. The molecule has 5 nitrogen and oxygen atoms in total. The number of benzene rings is 2. The maximum absolute atomic E-state index is 13.3. The molecule has 1 amide bonds. The Hall–Kier alpha value is -1.96. The van der Waals surface area contributed by atoms with Crippen LogP contribution in [0, 0.1) is 5.82 Å². The van der Waals surface area contributed by atoms with Crippen LogP contribution in [0.2, 0.25) is 5.02 Å². The highest BCUT2D eigenvalue weighted by Gasteiger charge is 2.28. The predicted molar refractivity (Wildman–Crippen MR) is 103 cm³/mol. The summed E-state index contributed by atoms with van der Waals surface area (Å²) >= 11 is 6.14. The Morgan fingerprint density at radius 3 is 2.41 bits per heavy atom. The lowest BCUT2D eigenvalue weighted by molar-refractivity contribution is 0.102. The van der Waals surface area contributed by atoms with E-state index in [1.165, 1.54) is 40.7 Å². The Kier molecular flexibility index (Phi) is 6.14. The molecule has 0 unspecified atom stereocenters. The van der Waals surface area contributed by atoms with Crippen LogP contribution in [0.5, 0.6) is 0 Å². The number of hydrogen-bond acceptors (Lipinski definition) is 3. The molecule has 0 atom stereocenters. The van der Waals surface area contributed by atoms with Gasteiger partial charge in [-0.05, 0) is 49.2 Å². The van der Waals surface area contributed by atoms with E-state index in [2.05, 4.69) is 5.32 Å². The summed E-state index contributed by atoms with van der Waals surface area (Å²) in [6.45, 7) is 0.886. The highest BCUT2D eigenvalue weighted by atomic mass is 35.5.